The number of carbonyl (C=O) groups is 1. The maximum atomic E-state index is 12.0. The molecule has 2 aromatic rings. The fraction of sp³-hybridized carbons (Fsp3) is 0.188. The van der Waals surface area contributed by atoms with Crippen LogP contribution in [0.2, 0.25) is 4.34 Å². The van der Waals surface area contributed by atoms with Crippen molar-refractivity contribution in [1.82, 2.24) is 5.32 Å². The van der Waals surface area contributed by atoms with Gasteiger partial charge in [0, 0.05) is 21.8 Å². The Bertz CT molecular complexity index is 798. The third kappa shape index (κ3) is 3.99. The van der Waals surface area contributed by atoms with Crippen LogP contribution >= 0.6 is 45.5 Å². The van der Waals surface area contributed by atoms with Gasteiger partial charge >= 0.3 is 0 Å². The van der Waals surface area contributed by atoms with Crippen molar-refractivity contribution in [3.05, 3.63) is 61.2 Å². The van der Waals surface area contributed by atoms with Crippen LogP contribution in [0.3, 0.4) is 0 Å². The number of aromatic nitrogens is 1. The van der Waals surface area contributed by atoms with Gasteiger partial charge in [0.25, 0.3) is 5.91 Å². The standard InChI is InChI=1S/C16H13ClIN3OS/c1-10-13(21-6-4-11(18)5-7-21)8-12(20-10)9-19-16(22)14-2-3-15(17)23-14/h2-8,13H,9H2,1H3/p+1. The average Bonchev–Trinajstić information content (AvgIpc) is 3.12. The Morgan fingerprint density at radius 3 is 2.78 bits per heavy atom. The van der Waals surface area contributed by atoms with E-state index in [1.165, 1.54) is 14.9 Å². The van der Waals surface area contributed by atoms with Crippen molar-refractivity contribution in [1.29, 1.82) is 0 Å². The minimum absolute atomic E-state index is 0.107. The fourth-order valence-corrected chi connectivity index (χ4v) is 3.61. The smallest absolute Gasteiger partial charge is 0.261 e. The average molecular weight is 459 g/mol. The molecule has 7 heteroatoms. The SMILES string of the molecule is CC1=NC(CNC(=O)c2ccc(Cl)s2)=CC1[n+]1ccc(I)cc1. The number of nitrogens with zero attached hydrogens (tertiary/aromatic N) is 2. The van der Waals surface area contributed by atoms with Crippen LogP contribution in [0.1, 0.15) is 22.6 Å². The van der Waals surface area contributed by atoms with Gasteiger partial charge in [0.1, 0.15) is 0 Å². The molecule has 1 atom stereocenters. The van der Waals surface area contributed by atoms with Crippen molar-refractivity contribution in [2.24, 2.45) is 4.99 Å². The lowest BCUT2D eigenvalue weighted by atomic mass is 10.2. The molecule has 1 N–H and O–H groups in total. The first kappa shape index (κ1) is 16.6. The molecule has 0 aliphatic carbocycles. The van der Waals surface area contributed by atoms with Gasteiger partial charge in [0.05, 0.1) is 27.2 Å². The summed E-state index contributed by atoms with van der Waals surface area (Å²) in [6, 6.07) is 7.67. The van der Waals surface area contributed by atoms with Gasteiger partial charge in [-0.1, -0.05) is 11.6 Å². The zero-order valence-electron chi connectivity index (χ0n) is 12.3. The van der Waals surface area contributed by atoms with Crippen LogP contribution in [-0.4, -0.2) is 18.2 Å². The Morgan fingerprint density at radius 1 is 1.39 bits per heavy atom. The number of amides is 1. The molecule has 1 aliphatic rings. The Labute approximate surface area is 157 Å². The first-order chi connectivity index (χ1) is 11.0. The van der Waals surface area contributed by atoms with Gasteiger partial charge in [-0.25, -0.2) is 0 Å². The maximum Gasteiger partial charge on any atom is 0.261 e. The minimum Gasteiger partial charge on any atom is -0.346 e. The summed E-state index contributed by atoms with van der Waals surface area (Å²) in [5, 5.41) is 2.88. The first-order valence-electron chi connectivity index (χ1n) is 6.98. The topological polar surface area (TPSA) is 45.3 Å². The zero-order valence-corrected chi connectivity index (χ0v) is 16.0. The molecule has 3 heterocycles. The number of pyridine rings is 1. The molecule has 4 nitrogen and oxygen atoms in total. The van der Waals surface area contributed by atoms with Crippen LogP contribution in [0.4, 0.5) is 0 Å². The third-order valence-corrected chi connectivity index (χ3v) is 5.41. The number of carbonyl (C=O) groups excluding carboxylic acids is 1. The number of nitrogens with one attached hydrogen (secondary N) is 1. The molecule has 1 amide bonds. The largest absolute Gasteiger partial charge is 0.346 e. The van der Waals surface area contributed by atoms with Crippen molar-refractivity contribution in [3.8, 4) is 0 Å². The molecule has 0 saturated carbocycles. The van der Waals surface area contributed by atoms with E-state index in [-0.39, 0.29) is 11.9 Å². The molecule has 118 valence electrons. The zero-order chi connectivity index (χ0) is 16.4. The molecule has 2 aromatic heterocycles. The number of allylic oxidation sites excluding steroid dienone is 1. The summed E-state index contributed by atoms with van der Waals surface area (Å²) >= 11 is 9.40. The Morgan fingerprint density at radius 2 is 2.13 bits per heavy atom. The number of aliphatic imine (C=N–C) groups is 1. The normalized spacial score (nSPS) is 16.9. The van der Waals surface area contributed by atoms with Gasteiger partial charge in [-0.15, -0.1) is 11.3 Å². The summed E-state index contributed by atoms with van der Waals surface area (Å²) in [6.45, 7) is 2.41. The molecule has 3 rings (SSSR count). The van der Waals surface area contributed by atoms with E-state index in [0.29, 0.717) is 15.8 Å². The number of halogens is 2. The summed E-state index contributed by atoms with van der Waals surface area (Å²) in [6.07, 6.45) is 6.15. The molecule has 0 spiro atoms. The van der Waals surface area contributed by atoms with Crippen LogP contribution < -0.4 is 9.88 Å². The van der Waals surface area contributed by atoms with Crippen molar-refractivity contribution in [2.45, 2.75) is 13.0 Å². The quantitative estimate of drug-likeness (QED) is 0.552. The predicted octanol–water partition coefficient (Wildman–Crippen LogP) is 3.62. The van der Waals surface area contributed by atoms with E-state index in [1.807, 2.05) is 19.3 Å². The molecular weight excluding hydrogens is 445 g/mol. The molecule has 23 heavy (non-hydrogen) atoms. The van der Waals surface area contributed by atoms with E-state index in [1.54, 1.807) is 12.1 Å². The number of thiophene rings is 1. The van der Waals surface area contributed by atoms with Crippen LogP contribution in [0.15, 0.2) is 53.4 Å². The highest BCUT2D eigenvalue weighted by Gasteiger charge is 2.25. The van der Waals surface area contributed by atoms with Crippen molar-refractivity contribution >= 4 is 57.1 Å². The molecule has 0 aromatic carbocycles. The lowest BCUT2D eigenvalue weighted by Gasteiger charge is -2.03. The lowest BCUT2D eigenvalue weighted by molar-refractivity contribution is -0.696. The Kier molecular flexibility index (Phi) is 5.13. The second-order valence-electron chi connectivity index (χ2n) is 5.11. The van der Waals surface area contributed by atoms with Gasteiger partial charge in [-0.3, -0.25) is 9.79 Å². The van der Waals surface area contributed by atoms with Crippen molar-refractivity contribution in [3.63, 3.8) is 0 Å². The van der Waals surface area contributed by atoms with Gasteiger partial charge < -0.3 is 5.32 Å². The van der Waals surface area contributed by atoms with Crippen molar-refractivity contribution < 1.29 is 9.36 Å². The molecular formula is C16H14ClIN3OS+. The van der Waals surface area contributed by atoms with Crippen LogP contribution in [0.25, 0.3) is 0 Å². The maximum absolute atomic E-state index is 12.0. The van der Waals surface area contributed by atoms with E-state index in [9.17, 15) is 4.79 Å². The van der Waals surface area contributed by atoms with E-state index >= 15 is 0 Å². The number of hydrogen-bond donors (Lipinski definition) is 1. The molecule has 1 aliphatic heterocycles. The summed E-state index contributed by atoms with van der Waals surface area (Å²) in [4.78, 5) is 17.2. The predicted molar refractivity (Wildman–Crippen MR) is 101 cm³/mol. The fourth-order valence-electron chi connectivity index (χ4n) is 2.33. The molecule has 0 fully saturated rings. The molecule has 1 unspecified atom stereocenters. The first-order valence-corrected chi connectivity index (χ1v) is 9.26. The van der Waals surface area contributed by atoms with Gasteiger partial charge in [0.2, 0.25) is 6.04 Å². The van der Waals surface area contributed by atoms with Crippen LogP contribution in [0, 0.1) is 3.57 Å². The summed E-state index contributed by atoms with van der Waals surface area (Å²) in [5.74, 6) is -0.124. The second kappa shape index (κ2) is 7.11. The Balaban J connectivity index is 1.66. The minimum atomic E-state index is -0.124. The number of rotatable bonds is 4. The Hall–Kier alpha value is -1.25. The highest BCUT2D eigenvalue weighted by Crippen LogP contribution is 2.21. The summed E-state index contributed by atoms with van der Waals surface area (Å²) in [7, 11) is 0. The third-order valence-electron chi connectivity index (χ3n) is 3.46. The highest BCUT2D eigenvalue weighted by molar-refractivity contribution is 14.1. The molecule has 0 bridgehead atoms. The highest BCUT2D eigenvalue weighted by atomic mass is 127. The second-order valence-corrected chi connectivity index (χ2v) is 8.07. The van der Waals surface area contributed by atoms with Gasteiger partial charge in [-0.2, -0.15) is 4.57 Å². The summed E-state index contributed by atoms with van der Waals surface area (Å²) in [5.41, 5.74) is 1.88. The van der Waals surface area contributed by atoms with E-state index in [0.717, 1.165) is 11.4 Å². The monoisotopic (exact) mass is 458 g/mol. The summed E-state index contributed by atoms with van der Waals surface area (Å²) < 4.78 is 3.91. The van der Waals surface area contributed by atoms with Crippen LogP contribution in [-0.2, 0) is 0 Å². The molecule has 0 saturated heterocycles. The van der Waals surface area contributed by atoms with Gasteiger partial charge in [-0.05, 0) is 41.6 Å². The van der Waals surface area contributed by atoms with Crippen molar-refractivity contribution in [2.75, 3.05) is 6.54 Å². The van der Waals surface area contributed by atoms with E-state index in [2.05, 4.69) is 55.7 Å². The molecule has 0 radical (unpaired) electrons. The van der Waals surface area contributed by atoms with E-state index < -0.39 is 0 Å². The van der Waals surface area contributed by atoms with Crippen LogP contribution in [0.5, 0.6) is 0 Å². The number of hydrogen-bond acceptors (Lipinski definition) is 3. The van der Waals surface area contributed by atoms with Gasteiger partial charge in [0.15, 0.2) is 12.4 Å². The lowest BCUT2D eigenvalue weighted by Crippen LogP contribution is -2.40. The van der Waals surface area contributed by atoms with E-state index in [4.69, 9.17) is 11.6 Å².